The average molecular weight is 376 g/mol. The molecule has 0 radical (unpaired) electrons. The van der Waals surface area contributed by atoms with Gasteiger partial charge >= 0.3 is 0 Å². The van der Waals surface area contributed by atoms with E-state index in [1.54, 1.807) is 13.2 Å². The van der Waals surface area contributed by atoms with Crippen LogP contribution in [0, 0.1) is 11.8 Å². The average Bonchev–Trinajstić information content (AvgIpc) is 2.71. The Morgan fingerprint density at radius 1 is 1.26 bits per heavy atom. The molecular weight excluding hydrogens is 344 g/mol. The van der Waals surface area contributed by atoms with Gasteiger partial charge in [0.2, 0.25) is 5.91 Å². The fourth-order valence-corrected chi connectivity index (χ4v) is 4.24. The SMILES string of the molecule is CCC1CN(Cc2ccc(OC)cc2O)CCC1CC(=O)N1CCOCC1. The number of methoxy groups -OCH3 is 1. The number of hydrogen-bond donors (Lipinski definition) is 1. The third-order valence-electron chi connectivity index (χ3n) is 5.99. The summed E-state index contributed by atoms with van der Waals surface area (Å²) in [4.78, 5) is 17.0. The molecule has 2 atom stereocenters. The molecule has 6 heteroatoms. The fraction of sp³-hybridized carbons (Fsp3) is 0.667. The van der Waals surface area contributed by atoms with E-state index in [1.807, 2.05) is 17.0 Å². The minimum absolute atomic E-state index is 0.281. The van der Waals surface area contributed by atoms with Crippen molar-refractivity contribution in [2.24, 2.45) is 11.8 Å². The van der Waals surface area contributed by atoms with Crippen LogP contribution in [0.1, 0.15) is 31.7 Å². The van der Waals surface area contributed by atoms with Gasteiger partial charge in [-0.15, -0.1) is 0 Å². The van der Waals surface area contributed by atoms with Crippen molar-refractivity contribution >= 4 is 5.91 Å². The Morgan fingerprint density at radius 3 is 2.70 bits per heavy atom. The van der Waals surface area contributed by atoms with E-state index in [1.165, 1.54) is 0 Å². The van der Waals surface area contributed by atoms with E-state index in [0.29, 0.717) is 37.2 Å². The first-order valence-corrected chi connectivity index (χ1v) is 10.0. The number of aromatic hydroxyl groups is 1. The Balaban J connectivity index is 1.55. The third-order valence-corrected chi connectivity index (χ3v) is 5.99. The van der Waals surface area contributed by atoms with Crippen molar-refractivity contribution in [1.29, 1.82) is 0 Å². The van der Waals surface area contributed by atoms with E-state index in [0.717, 1.165) is 51.1 Å². The summed E-state index contributed by atoms with van der Waals surface area (Å²) in [7, 11) is 1.60. The summed E-state index contributed by atoms with van der Waals surface area (Å²) >= 11 is 0. The van der Waals surface area contributed by atoms with Crippen LogP contribution in [0.3, 0.4) is 0 Å². The van der Waals surface area contributed by atoms with E-state index < -0.39 is 0 Å². The summed E-state index contributed by atoms with van der Waals surface area (Å²) < 4.78 is 10.5. The molecule has 1 amide bonds. The second kappa shape index (κ2) is 9.42. The van der Waals surface area contributed by atoms with Crippen LogP contribution in [-0.4, -0.2) is 67.3 Å². The molecule has 6 nitrogen and oxygen atoms in total. The van der Waals surface area contributed by atoms with Gasteiger partial charge in [0.05, 0.1) is 20.3 Å². The zero-order chi connectivity index (χ0) is 19.2. The van der Waals surface area contributed by atoms with E-state index >= 15 is 0 Å². The van der Waals surface area contributed by atoms with Crippen molar-refractivity contribution in [2.45, 2.75) is 32.7 Å². The minimum Gasteiger partial charge on any atom is -0.507 e. The van der Waals surface area contributed by atoms with Crippen LogP contribution >= 0.6 is 0 Å². The lowest BCUT2D eigenvalue weighted by Gasteiger charge is -2.39. The summed E-state index contributed by atoms with van der Waals surface area (Å²) in [6, 6.07) is 5.49. The maximum atomic E-state index is 12.6. The minimum atomic E-state index is 0.281. The second-order valence-corrected chi connectivity index (χ2v) is 7.64. The molecule has 2 saturated heterocycles. The van der Waals surface area contributed by atoms with E-state index in [4.69, 9.17) is 9.47 Å². The van der Waals surface area contributed by atoms with Crippen molar-refractivity contribution < 1.29 is 19.4 Å². The number of benzene rings is 1. The van der Waals surface area contributed by atoms with Gasteiger partial charge in [-0.05, 0) is 30.9 Å². The van der Waals surface area contributed by atoms with Crippen LogP contribution in [0.25, 0.3) is 0 Å². The number of ether oxygens (including phenoxy) is 2. The van der Waals surface area contributed by atoms with Crippen LogP contribution in [-0.2, 0) is 16.1 Å². The molecule has 0 bridgehead atoms. The predicted octanol–water partition coefficient (Wildman–Crippen LogP) is 2.50. The molecule has 0 spiro atoms. The van der Waals surface area contributed by atoms with Crippen LogP contribution in [0.2, 0.25) is 0 Å². The number of carbonyl (C=O) groups excluding carboxylic acids is 1. The molecule has 2 fully saturated rings. The van der Waals surface area contributed by atoms with Crippen molar-refractivity contribution in [3.63, 3.8) is 0 Å². The van der Waals surface area contributed by atoms with Crippen molar-refractivity contribution in [2.75, 3.05) is 46.5 Å². The highest BCUT2D eigenvalue weighted by molar-refractivity contribution is 5.76. The van der Waals surface area contributed by atoms with Gasteiger partial charge in [0.1, 0.15) is 11.5 Å². The van der Waals surface area contributed by atoms with E-state index in [9.17, 15) is 9.90 Å². The first kappa shape index (κ1) is 20.0. The Kier molecular flexibility index (Phi) is 6.96. The molecule has 150 valence electrons. The molecule has 1 aromatic carbocycles. The van der Waals surface area contributed by atoms with Crippen molar-refractivity contribution in [1.82, 2.24) is 9.80 Å². The summed E-state index contributed by atoms with van der Waals surface area (Å²) in [5.74, 6) is 2.20. The number of amides is 1. The molecule has 1 N–H and O–H groups in total. The van der Waals surface area contributed by atoms with Crippen LogP contribution in [0.4, 0.5) is 0 Å². The van der Waals surface area contributed by atoms with Gasteiger partial charge in [-0.2, -0.15) is 0 Å². The molecule has 0 aromatic heterocycles. The van der Waals surface area contributed by atoms with Gasteiger partial charge < -0.3 is 19.5 Å². The Morgan fingerprint density at radius 2 is 2.04 bits per heavy atom. The number of morpholine rings is 1. The number of carbonyl (C=O) groups is 1. The number of hydrogen-bond acceptors (Lipinski definition) is 5. The monoisotopic (exact) mass is 376 g/mol. The molecule has 1 aromatic rings. The van der Waals surface area contributed by atoms with Gasteiger partial charge in [0, 0.05) is 44.2 Å². The standard InChI is InChI=1S/C21H32N2O4/c1-3-16-14-22(15-18-4-5-19(26-2)13-20(18)24)7-6-17(16)12-21(25)23-8-10-27-11-9-23/h4-5,13,16-17,24H,3,6-12,14-15H2,1-2H3. The molecule has 2 aliphatic rings. The molecule has 27 heavy (non-hydrogen) atoms. The molecular formula is C21H32N2O4. The zero-order valence-electron chi connectivity index (χ0n) is 16.5. The first-order chi connectivity index (χ1) is 13.1. The Bertz CT molecular complexity index is 631. The van der Waals surface area contributed by atoms with Gasteiger partial charge in [0.25, 0.3) is 0 Å². The predicted molar refractivity (Wildman–Crippen MR) is 104 cm³/mol. The number of nitrogens with zero attached hydrogens (tertiary/aromatic N) is 2. The topological polar surface area (TPSA) is 62.2 Å². The number of rotatable bonds is 6. The number of phenols is 1. The summed E-state index contributed by atoms with van der Waals surface area (Å²) in [6.45, 7) is 7.66. The highest BCUT2D eigenvalue weighted by atomic mass is 16.5. The van der Waals surface area contributed by atoms with E-state index in [-0.39, 0.29) is 11.7 Å². The molecule has 2 heterocycles. The number of piperidine rings is 1. The molecule has 3 rings (SSSR count). The van der Waals surface area contributed by atoms with Gasteiger partial charge in [-0.3, -0.25) is 9.69 Å². The Labute approximate surface area is 162 Å². The van der Waals surface area contributed by atoms with E-state index in [2.05, 4.69) is 11.8 Å². The van der Waals surface area contributed by atoms with Crippen LogP contribution in [0.5, 0.6) is 11.5 Å². The lowest BCUT2D eigenvalue weighted by atomic mass is 9.81. The second-order valence-electron chi connectivity index (χ2n) is 7.64. The molecule has 0 aliphatic carbocycles. The summed E-state index contributed by atoms with van der Waals surface area (Å²) in [5.41, 5.74) is 0.925. The lowest BCUT2D eigenvalue weighted by Crippen LogP contribution is -2.44. The lowest BCUT2D eigenvalue weighted by molar-refractivity contribution is -0.137. The van der Waals surface area contributed by atoms with Crippen molar-refractivity contribution in [3.8, 4) is 11.5 Å². The molecule has 0 saturated carbocycles. The quantitative estimate of drug-likeness (QED) is 0.827. The maximum absolute atomic E-state index is 12.6. The molecule has 2 unspecified atom stereocenters. The number of likely N-dealkylation sites (tertiary alicyclic amines) is 1. The number of phenolic OH excluding ortho intramolecular Hbond substituents is 1. The van der Waals surface area contributed by atoms with Crippen LogP contribution < -0.4 is 4.74 Å². The highest BCUT2D eigenvalue weighted by Gasteiger charge is 2.31. The largest absolute Gasteiger partial charge is 0.507 e. The van der Waals surface area contributed by atoms with Gasteiger partial charge in [0.15, 0.2) is 0 Å². The summed E-state index contributed by atoms with van der Waals surface area (Å²) in [6.07, 6.45) is 2.76. The maximum Gasteiger partial charge on any atom is 0.223 e. The van der Waals surface area contributed by atoms with Crippen molar-refractivity contribution in [3.05, 3.63) is 23.8 Å². The highest BCUT2D eigenvalue weighted by Crippen LogP contribution is 2.32. The van der Waals surface area contributed by atoms with Gasteiger partial charge in [-0.1, -0.05) is 19.4 Å². The van der Waals surface area contributed by atoms with Crippen LogP contribution in [0.15, 0.2) is 18.2 Å². The zero-order valence-corrected chi connectivity index (χ0v) is 16.5. The third kappa shape index (κ3) is 5.14. The molecule has 2 aliphatic heterocycles. The first-order valence-electron chi connectivity index (χ1n) is 10.0. The fourth-order valence-electron chi connectivity index (χ4n) is 4.24. The normalized spacial score (nSPS) is 24.0. The Hall–Kier alpha value is -1.79. The smallest absolute Gasteiger partial charge is 0.223 e. The van der Waals surface area contributed by atoms with Gasteiger partial charge in [-0.25, -0.2) is 0 Å². The summed E-state index contributed by atoms with van der Waals surface area (Å²) in [5, 5.41) is 10.2.